The molecule has 1 atom stereocenters. The van der Waals surface area contributed by atoms with Crippen LogP contribution in [0.25, 0.3) is 0 Å². The minimum Gasteiger partial charge on any atom is -0.477 e. The van der Waals surface area contributed by atoms with Crippen LogP contribution in [0.5, 0.6) is 0 Å². The number of carbonyl (C=O) groups excluding carboxylic acids is 1. The maximum Gasteiger partial charge on any atom is 0.353 e. The van der Waals surface area contributed by atoms with E-state index >= 15 is 0 Å². The van der Waals surface area contributed by atoms with Crippen molar-refractivity contribution in [1.82, 2.24) is 4.98 Å². The number of nitrogens with zero attached hydrogens (tertiary/aromatic N) is 3. The topological polar surface area (TPSA) is 92.1 Å². The Bertz CT molecular complexity index is 515. The summed E-state index contributed by atoms with van der Waals surface area (Å²) in [6.07, 6.45) is 2.27. The molecular formula is C12H13N3O4. The number of aromatic nitrogens is 1. The quantitative estimate of drug-likeness (QED) is 0.861. The fraction of sp³-hybridized carbons (Fsp3) is 0.333. The molecule has 2 heterocycles. The second kappa shape index (κ2) is 5.47. The van der Waals surface area contributed by atoms with E-state index in [9.17, 15) is 9.59 Å². The van der Waals surface area contributed by atoms with Crippen LogP contribution >= 0.6 is 0 Å². The summed E-state index contributed by atoms with van der Waals surface area (Å²) in [6, 6.07) is 3.41. The Hall–Kier alpha value is -2.44. The molecule has 19 heavy (non-hydrogen) atoms. The number of amides is 1. The van der Waals surface area contributed by atoms with Gasteiger partial charge in [-0.3, -0.25) is 9.78 Å². The van der Waals surface area contributed by atoms with Crippen molar-refractivity contribution in [2.24, 2.45) is 5.16 Å². The minimum absolute atomic E-state index is 0.0181. The van der Waals surface area contributed by atoms with Gasteiger partial charge in [0.1, 0.15) is 0 Å². The average Bonchev–Trinajstić information content (AvgIpc) is 2.90. The highest BCUT2D eigenvalue weighted by molar-refractivity contribution is 6.36. The van der Waals surface area contributed by atoms with Crippen LogP contribution < -0.4 is 4.90 Å². The number of hydrogen-bond acceptors (Lipinski definition) is 5. The molecule has 0 bridgehead atoms. The van der Waals surface area contributed by atoms with Gasteiger partial charge >= 0.3 is 5.97 Å². The second-order valence-electron chi connectivity index (χ2n) is 3.93. The molecule has 0 fully saturated rings. The molecule has 100 valence electrons. The van der Waals surface area contributed by atoms with Crippen molar-refractivity contribution in [2.45, 2.75) is 19.4 Å². The number of oxime groups is 1. The van der Waals surface area contributed by atoms with E-state index in [0.717, 1.165) is 0 Å². The number of carbonyl (C=O) groups is 2. The Balaban J connectivity index is 2.10. The highest BCUT2D eigenvalue weighted by Crippen LogP contribution is 2.18. The number of carboxylic acid groups (broad SMARTS) is 1. The van der Waals surface area contributed by atoms with Gasteiger partial charge in [0, 0.05) is 31.0 Å². The van der Waals surface area contributed by atoms with Crippen molar-refractivity contribution in [2.75, 3.05) is 11.4 Å². The first-order valence-electron chi connectivity index (χ1n) is 5.81. The molecule has 2 rings (SSSR count). The van der Waals surface area contributed by atoms with Gasteiger partial charge in [0.25, 0.3) is 5.91 Å². The lowest BCUT2D eigenvalue weighted by molar-refractivity contribution is -0.129. The van der Waals surface area contributed by atoms with Crippen molar-refractivity contribution in [3.05, 3.63) is 24.5 Å². The summed E-state index contributed by atoms with van der Waals surface area (Å²) in [5, 5.41) is 12.2. The van der Waals surface area contributed by atoms with E-state index in [-0.39, 0.29) is 18.0 Å². The third kappa shape index (κ3) is 2.70. The highest BCUT2D eigenvalue weighted by atomic mass is 16.6. The summed E-state index contributed by atoms with van der Waals surface area (Å²) in [5.41, 5.74) is 0.555. The monoisotopic (exact) mass is 263 g/mol. The Labute approximate surface area is 109 Å². The molecule has 0 saturated carbocycles. The van der Waals surface area contributed by atoms with Crippen molar-refractivity contribution in [3.63, 3.8) is 0 Å². The zero-order chi connectivity index (χ0) is 13.8. The first-order chi connectivity index (χ1) is 9.13. The van der Waals surface area contributed by atoms with E-state index in [1.807, 2.05) is 6.92 Å². The first kappa shape index (κ1) is 13.0. The average molecular weight is 263 g/mol. The Kier molecular flexibility index (Phi) is 3.74. The molecule has 7 heteroatoms. The summed E-state index contributed by atoms with van der Waals surface area (Å²) in [5.74, 6) is -1.48. The Morgan fingerprint density at radius 3 is 2.68 bits per heavy atom. The van der Waals surface area contributed by atoms with Crippen molar-refractivity contribution < 1.29 is 19.5 Å². The zero-order valence-electron chi connectivity index (χ0n) is 10.3. The molecule has 0 spiro atoms. The molecule has 7 nitrogen and oxygen atoms in total. The summed E-state index contributed by atoms with van der Waals surface area (Å²) >= 11 is 0. The van der Waals surface area contributed by atoms with Gasteiger partial charge in [0.15, 0.2) is 5.71 Å². The van der Waals surface area contributed by atoms with E-state index in [1.54, 1.807) is 24.5 Å². The van der Waals surface area contributed by atoms with Crippen LogP contribution in [0.3, 0.4) is 0 Å². The first-order valence-corrected chi connectivity index (χ1v) is 5.81. The molecule has 1 aromatic rings. The number of likely N-dealkylation sites (N-methyl/N-ethyl adjacent to an activating group) is 1. The smallest absolute Gasteiger partial charge is 0.353 e. The molecule has 0 saturated heterocycles. The number of hydrogen-bond donors (Lipinski definition) is 1. The van der Waals surface area contributed by atoms with E-state index in [0.29, 0.717) is 12.2 Å². The van der Waals surface area contributed by atoms with Crippen molar-refractivity contribution in [3.8, 4) is 0 Å². The van der Waals surface area contributed by atoms with E-state index in [2.05, 4.69) is 10.1 Å². The van der Waals surface area contributed by atoms with Crippen LogP contribution in [-0.4, -0.2) is 40.3 Å². The van der Waals surface area contributed by atoms with E-state index in [4.69, 9.17) is 9.94 Å². The predicted molar refractivity (Wildman–Crippen MR) is 66.8 cm³/mol. The molecule has 1 aromatic heterocycles. The predicted octanol–water partition coefficient (Wildman–Crippen LogP) is 0.664. The third-order valence-corrected chi connectivity index (χ3v) is 2.75. The van der Waals surface area contributed by atoms with Gasteiger partial charge in [0.2, 0.25) is 6.10 Å². The van der Waals surface area contributed by atoms with Gasteiger partial charge in [-0.05, 0) is 19.1 Å². The van der Waals surface area contributed by atoms with Crippen LogP contribution in [0.15, 0.2) is 29.7 Å². The lowest BCUT2D eigenvalue weighted by Crippen LogP contribution is -2.39. The van der Waals surface area contributed by atoms with E-state index in [1.165, 1.54) is 4.90 Å². The van der Waals surface area contributed by atoms with Gasteiger partial charge in [-0.2, -0.15) is 0 Å². The molecule has 1 aliphatic rings. The van der Waals surface area contributed by atoms with Gasteiger partial charge in [-0.25, -0.2) is 4.79 Å². The normalized spacial score (nSPS) is 17.5. The largest absolute Gasteiger partial charge is 0.477 e. The second-order valence-corrected chi connectivity index (χ2v) is 3.93. The summed E-state index contributed by atoms with van der Waals surface area (Å²) in [6.45, 7) is 2.28. The number of rotatable bonds is 4. The highest BCUT2D eigenvalue weighted by Gasteiger charge is 2.34. The van der Waals surface area contributed by atoms with Crippen LogP contribution in [0.4, 0.5) is 5.69 Å². The molecule has 1 unspecified atom stereocenters. The standard InChI is InChI=1S/C12H13N3O4/c1-2-15(8-3-5-13-6-4-8)11(16)10-7-9(12(17)18)14-19-10/h3-6,10H,2,7H2,1H3,(H,17,18). The van der Waals surface area contributed by atoms with E-state index < -0.39 is 12.1 Å². The SMILES string of the molecule is CCN(C(=O)C1CC(C(=O)O)=NO1)c1ccncc1. The zero-order valence-corrected chi connectivity index (χ0v) is 10.3. The Morgan fingerprint density at radius 1 is 1.47 bits per heavy atom. The lowest BCUT2D eigenvalue weighted by atomic mass is 10.1. The number of pyridine rings is 1. The fourth-order valence-corrected chi connectivity index (χ4v) is 1.80. The summed E-state index contributed by atoms with van der Waals surface area (Å²) in [4.78, 5) is 33.3. The maximum absolute atomic E-state index is 12.3. The fourth-order valence-electron chi connectivity index (χ4n) is 1.80. The summed E-state index contributed by atoms with van der Waals surface area (Å²) < 4.78 is 0. The number of aliphatic carboxylic acids is 1. The molecular weight excluding hydrogens is 250 g/mol. The molecule has 1 amide bonds. The van der Waals surface area contributed by atoms with Crippen LogP contribution in [0.2, 0.25) is 0 Å². The van der Waals surface area contributed by atoms with Gasteiger partial charge < -0.3 is 14.8 Å². The van der Waals surface area contributed by atoms with Gasteiger partial charge in [-0.1, -0.05) is 5.16 Å². The third-order valence-electron chi connectivity index (χ3n) is 2.75. The minimum atomic E-state index is -1.16. The molecule has 0 aliphatic carbocycles. The van der Waals surface area contributed by atoms with Gasteiger partial charge in [-0.15, -0.1) is 0 Å². The maximum atomic E-state index is 12.3. The van der Waals surface area contributed by atoms with Crippen LogP contribution in [-0.2, 0) is 14.4 Å². The Morgan fingerprint density at radius 2 is 2.16 bits per heavy atom. The van der Waals surface area contributed by atoms with Crippen molar-refractivity contribution >= 4 is 23.3 Å². The molecule has 0 radical (unpaired) electrons. The lowest BCUT2D eigenvalue weighted by Gasteiger charge is -2.22. The van der Waals surface area contributed by atoms with Crippen LogP contribution in [0.1, 0.15) is 13.3 Å². The number of carboxylic acids is 1. The summed E-state index contributed by atoms with van der Waals surface area (Å²) in [7, 11) is 0. The number of anilines is 1. The molecule has 1 N–H and O–H groups in total. The molecule has 1 aliphatic heterocycles. The van der Waals surface area contributed by atoms with Crippen LogP contribution in [0, 0.1) is 0 Å². The molecule has 0 aromatic carbocycles. The van der Waals surface area contributed by atoms with Crippen molar-refractivity contribution in [1.29, 1.82) is 0 Å². The van der Waals surface area contributed by atoms with Gasteiger partial charge in [0.05, 0.1) is 0 Å².